The second-order valence-corrected chi connectivity index (χ2v) is 5.26. The largest absolute Gasteiger partial charge is 0.497 e. The van der Waals surface area contributed by atoms with E-state index in [9.17, 15) is 4.79 Å². The van der Waals surface area contributed by atoms with Gasteiger partial charge in [-0.2, -0.15) is 0 Å². The second-order valence-electron chi connectivity index (χ2n) is 5.26. The fraction of sp³-hybridized carbons (Fsp3) is 0.222. The average Bonchev–Trinajstić information content (AvgIpc) is 2.56. The lowest BCUT2D eigenvalue weighted by Crippen LogP contribution is -2.37. The number of amides is 1. The first-order chi connectivity index (χ1) is 10.8. The predicted molar refractivity (Wildman–Crippen MR) is 84.9 cm³/mol. The molecule has 4 nitrogen and oxygen atoms in total. The Morgan fingerprint density at radius 2 is 2.00 bits per heavy atom. The van der Waals surface area contributed by atoms with Gasteiger partial charge in [-0.1, -0.05) is 36.4 Å². The number of nitrogens with zero attached hydrogens (tertiary/aromatic N) is 1. The minimum Gasteiger partial charge on any atom is -0.497 e. The molecule has 1 N–H and O–H groups in total. The molecule has 1 unspecified atom stereocenters. The maximum absolute atomic E-state index is 12.1. The summed E-state index contributed by atoms with van der Waals surface area (Å²) in [5.74, 6) is 0.442. The zero-order valence-corrected chi connectivity index (χ0v) is 12.5. The molecule has 1 aliphatic heterocycles. The lowest BCUT2D eigenvalue weighted by molar-refractivity contribution is -0.120. The monoisotopic (exact) mass is 294 g/mol. The van der Waals surface area contributed by atoms with Crippen LogP contribution in [0, 0.1) is 5.92 Å². The SMILES string of the molecule is COc1ccc2c(c1)=CC(CNCc1ccccc1)C(=O)N=2. The molecule has 1 amide bonds. The summed E-state index contributed by atoms with van der Waals surface area (Å²) in [6.07, 6.45) is 1.96. The Labute approximate surface area is 129 Å². The number of methoxy groups -OCH3 is 1. The van der Waals surface area contributed by atoms with E-state index in [-0.39, 0.29) is 11.8 Å². The Morgan fingerprint density at radius 3 is 2.77 bits per heavy atom. The molecule has 0 radical (unpaired) electrons. The molecule has 112 valence electrons. The van der Waals surface area contributed by atoms with Crippen molar-refractivity contribution in [3.8, 4) is 5.75 Å². The lowest BCUT2D eigenvalue weighted by atomic mass is 10.0. The zero-order chi connectivity index (χ0) is 15.4. The third kappa shape index (κ3) is 3.23. The van der Waals surface area contributed by atoms with E-state index in [0.29, 0.717) is 11.9 Å². The summed E-state index contributed by atoms with van der Waals surface area (Å²) < 4.78 is 5.22. The Morgan fingerprint density at radius 1 is 1.18 bits per heavy atom. The van der Waals surface area contributed by atoms with Gasteiger partial charge in [0.25, 0.3) is 5.91 Å². The summed E-state index contributed by atoms with van der Waals surface area (Å²) in [7, 11) is 1.63. The fourth-order valence-corrected chi connectivity index (χ4v) is 2.50. The Balaban J connectivity index is 1.71. The molecule has 0 fully saturated rings. The highest BCUT2D eigenvalue weighted by Gasteiger charge is 2.17. The zero-order valence-electron chi connectivity index (χ0n) is 12.5. The van der Waals surface area contributed by atoms with Gasteiger partial charge in [0.1, 0.15) is 5.75 Å². The molecule has 0 bridgehead atoms. The van der Waals surface area contributed by atoms with E-state index in [1.165, 1.54) is 5.56 Å². The second kappa shape index (κ2) is 6.54. The minimum atomic E-state index is -0.233. The van der Waals surface area contributed by atoms with Gasteiger partial charge in [-0.3, -0.25) is 4.79 Å². The molecular formula is C18H18N2O2. The number of hydrogen-bond donors (Lipinski definition) is 1. The summed E-state index contributed by atoms with van der Waals surface area (Å²) in [5, 5.41) is 4.98. The van der Waals surface area contributed by atoms with Crippen molar-refractivity contribution in [2.45, 2.75) is 6.54 Å². The van der Waals surface area contributed by atoms with E-state index in [1.54, 1.807) is 7.11 Å². The first-order valence-electron chi connectivity index (χ1n) is 7.29. The van der Waals surface area contributed by atoms with Gasteiger partial charge in [-0.25, -0.2) is 4.99 Å². The number of carbonyl (C=O) groups excluding carboxylic acids is 1. The summed E-state index contributed by atoms with van der Waals surface area (Å²) >= 11 is 0. The molecule has 0 spiro atoms. The number of rotatable bonds is 5. The molecule has 0 saturated heterocycles. The standard InChI is InChI=1S/C18H18N2O2/c1-22-16-7-8-17-14(10-16)9-15(18(21)20-17)12-19-11-13-5-3-2-4-6-13/h2-10,15,19H,11-12H2,1H3. The van der Waals surface area contributed by atoms with E-state index in [0.717, 1.165) is 17.5 Å². The molecular weight excluding hydrogens is 276 g/mol. The highest BCUT2D eigenvalue weighted by atomic mass is 16.5. The van der Waals surface area contributed by atoms with Crippen LogP contribution < -0.4 is 20.6 Å². The number of ether oxygens (including phenoxy) is 1. The number of carbonyl (C=O) groups is 1. The molecule has 1 atom stereocenters. The normalized spacial score (nSPS) is 16.4. The van der Waals surface area contributed by atoms with E-state index >= 15 is 0 Å². The molecule has 0 aliphatic carbocycles. The van der Waals surface area contributed by atoms with Crippen molar-refractivity contribution in [3.63, 3.8) is 0 Å². The smallest absolute Gasteiger partial charge is 0.254 e. The Bertz CT molecular complexity index is 784. The highest BCUT2D eigenvalue weighted by molar-refractivity contribution is 5.86. The van der Waals surface area contributed by atoms with Gasteiger partial charge in [0.2, 0.25) is 0 Å². The van der Waals surface area contributed by atoms with E-state index in [4.69, 9.17) is 4.74 Å². The van der Waals surface area contributed by atoms with Crippen LogP contribution in [0.4, 0.5) is 0 Å². The van der Waals surface area contributed by atoms with Crippen LogP contribution in [0.25, 0.3) is 6.08 Å². The number of benzene rings is 2. The van der Waals surface area contributed by atoms with Crippen LogP contribution in [0.15, 0.2) is 53.5 Å². The maximum Gasteiger partial charge on any atom is 0.254 e. The molecule has 0 aromatic heterocycles. The van der Waals surface area contributed by atoms with Crippen LogP contribution in [0.2, 0.25) is 0 Å². The summed E-state index contributed by atoms with van der Waals surface area (Å²) in [6.45, 7) is 1.32. The van der Waals surface area contributed by atoms with Crippen LogP contribution in [0.1, 0.15) is 5.56 Å². The van der Waals surface area contributed by atoms with Crippen LogP contribution in [0.5, 0.6) is 5.75 Å². The number of nitrogens with one attached hydrogen (secondary N) is 1. The third-order valence-corrected chi connectivity index (χ3v) is 3.70. The van der Waals surface area contributed by atoms with Gasteiger partial charge in [0, 0.05) is 18.3 Å². The third-order valence-electron chi connectivity index (χ3n) is 3.70. The van der Waals surface area contributed by atoms with Gasteiger partial charge < -0.3 is 10.1 Å². The highest BCUT2D eigenvalue weighted by Crippen LogP contribution is 2.07. The van der Waals surface area contributed by atoms with Gasteiger partial charge in [0.05, 0.1) is 18.4 Å². The summed E-state index contributed by atoms with van der Waals surface area (Å²) in [4.78, 5) is 16.2. The Kier molecular flexibility index (Phi) is 4.30. The van der Waals surface area contributed by atoms with E-state index in [1.807, 2.05) is 42.5 Å². The van der Waals surface area contributed by atoms with Gasteiger partial charge in [-0.15, -0.1) is 0 Å². The van der Waals surface area contributed by atoms with Gasteiger partial charge >= 0.3 is 0 Å². The minimum absolute atomic E-state index is 0.0989. The van der Waals surface area contributed by atoms with E-state index in [2.05, 4.69) is 22.4 Å². The first-order valence-corrected chi connectivity index (χ1v) is 7.29. The number of fused-ring (bicyclic) bond motifs is 1. The van der Waals surface area contributed by atoms with Crippen molar-refractivity contribution in [1.29, 1.82) is 0 Å². The Hall–Kier alpha value is -2.46. The van der Waals surface area contributed by atoms with Crippen molar-refractivity contribution in [1.82, 2.24) is 5.32 Å². The molecule has 2 aromatic carbocycles. The quantitative estimate of drug-likeness (QED) is 0.896. The molecule has 4 heteroatoms. The topological polar surface area (TPSA) is 50.7 Å². The van der Waals surface area contributed by atoms with Gasteiger partial charge in [0.15, 0.2) is 0 Å². The molecule has 2 aromatic rings. The van der Waals surface area contributed by atoms with Crippen LogP contribution in [-0.2, 0) is 11.3 Å². The molecule has 3 rings (SSSR count). The van der Waals surface area contributed by atoms with Crippen molar-refractivity contribution < 1.29 is 9.53 Å². The van der Waals surface area contributed by atoms with Crippen molar-refractivity contribution in [3.05, 3.63) is 64.7 Å². The molecule has 0 saturated carbocycles. The van der Waals surface area contributed by atoms with Crippen LogP contribution in [0.3, 0.4) is 0 Å². The molecule has 22 heavy (non-hydrogen) atoms. The summed E-state index contributed by atoms with van der Waals surface area (Å²) in [5.41, 5.74) is 1.20. The predicted octanol–water partition coefficient (Wildman–Crippen LogP) is 1.04. The number of hydrogen-bond acceptors (Lipinski definition) is 3. The van der Waals surface area contributed by atoms with E-state index < -0.39 is 0 Å². The molecule has 1 aliphatic rings. The van der Waals surface area contributed by atoms with Crippen LogP contribution in [-0.4, -0.2) is 19.6 Å². The molecule has 1 heterocycles. The fourth-order valence-electron chi connectivity index (χ4n) is 2.50. The van der Waals surface area contributed by atoms with Crippen molar-refractivity contribution in [2.24, 2.45) is 10.9 Å². The van der Waals surface area contributed by atoms with Crippen LogP contribution >= 0.6 is 0 Å². The summed E-state index contributed by atoms with van der Waals surface area (Å²) in [6, 6.07) is 15.7. The average molecular weight is 294 g/mol. The first kappa shape index (κ1) is 14.5. The van der Waals surface area contributed by atoms with Gasteiger partial charge in [-0.05, 0) is 23.8 Å². The lowest BCUT2D eigenvalue weighted by Gasteiger charge is -2.13. The van der Waals surface area contributed by atoms with Crippen molar-refractivity contribution >= 4 is 12.0 Å². The van der Waals surface area contributed by atoms with Crippen molar-refractivity contribution in [2.75, 3.05) is 13.7 Å². The maximum atomic E-state index is 12.1.